The summed E-state index contributed by atoms with van der Waals surface area (Å²) < 4.78 is 0. The highest BCUT2D eigenvalue weighted by atomic mass is 35.5. The van der Waals surface area contributed by atoms with E-state index in [0.29, 0.717) is 6.04 Å². The predicted molar refractivity (Wildman–Crippen MR) is 86.1 cm³/mol. The standard InChI is InChI=1S/C18H20ClN/c1-2-13-3-5-14(6-4-13)18-10-7-16(19)11-15(18)12-20-17-8-9-17/h3-7,10-11,17,20H,2,8-9,12H2,1H3. The van der Waals surface area contributed by atoms with Crippen molar-refractivity contribution in [1.29, 1.82) is 0 Å². The molecule has 0 atom stereocenters. The number of nitrogens with one attached hydrogen (secondary N) is 1. The van der Waals surface area contributed by atoms with E-state index in [0.717, 1.165) is 18.0 Å². The highest BCUT2D eigenvalue weighted by molar-refractivity contribution is 6.30. The van der Waals surface area contributed by atoms with Gasteiger partial charge in [0.05, 0.1) is 0 Å². The fourth-order valence-electron chi connectivity index (χ4n) is 2.45. The lowest BCUT2D eigenvalue weighted by Crippen LogP contribution is -2.15. The van der Waals surface area contributed by atoms with Crippen LogP contribution in [0.5, 0.6) is 0 Å². The van der Waals surface area contributed by atoms with Gasteiger partial charge in [0.15, 0.2) is 0 Å². The Morgan fingerprint density at radius 2 is 1.85 bits per heavy atom. The van der Waals surface area contributed by atoms with E-state index in [2.05, 4.69) is 48.6 Å². The predicted octanol–water partition coefficient (Wildman–Crippen LogP) is 4.82. The van der Waals surface area contributed by atoms with Crippen LogP contribution < -0.4 is 5.32 Å². The van der Waals surface area contributed by atoms with E-state index in [1.54, 1.807) is 0 Å². The Kier molecular flexibility index (Phi) is 4.09. The minimum Gasteiger partial charge on any atom is -0.310 e. The first-order valence-electron chi connectivity index (χ1n) is 7.37. The first-order valence-corrected chi connectivity index (χ1v) is 7.75. The van der Waals surface area contributed by atoms with Crippen molar-refractivity contribution in [2.24, 2.45) is 0 Å². The molecule has 2 aromatic rings. The van der Waals surface area contributed by atoms with Crippen LogP contribution in [-0.4, -0.2) is 6.04 Å². The molecule has 20 heavy (non-hydrogen) atoms. The van der Waals surface area contributed by atoms with Crippen molar-refractivity contribution < 1.29 is 0 Å². The fourth-order valence-corrected chi connectivity index (χ4v) is 2.65. The Balaban J connectivity index is 1.89. The van der Waals surface area contributed by atoms with Crippen LogP contribution >= 0.6 is 11.6 Å². The lowest BCUT2D eigenvalue weighted by atomic mass is 9.98. The maximum Gasteiger partial charge on any atom is 0.0409 e. The molecule has 104 valence electrons. The first kappa shape index (κ1) is 13.7. The summed E-state index contributed by atoms with van der Waals surface area (Å²) in [4.78, 5) is 0. The summed E-state index contributed by atoms with van der Waals surface area (Å²) in [5.41, 5.74) is 5.21. The molecule has 1 fully saturated rings. The van der Waals surface area contributed by atoms with Gasteiger partial charge in [-0.25, -0.2) is 0 Å². The molecule has 0 aromatic heterocycles. The van der Waals surface area contributed by atoms with Gasteiger partial charge in [-0.2, -0.15) is 0 Å². The van der Waals surface area contributed by atoms with Crippen LogP contribution in [0.1, 0.15) is 30.9 Å². The molecule has 3 rings (SSSR count). The minimum atomic E-state index is 0.712. The zero-order valence-electron chi connectivity index (χ0n) is 11.8. The van der Waals surface area contributed by atoms with E-state index in [9.17, 15) is 0 Å². The van der Waals surface area contributed by atoms with Crippen LogP contribution in [0.3, 0.4) is 0 Å². The topological polar surface area (TPSA) is 12.0 Å². The second kappa shape index (κ2) is 5.99. The maximum absolute atomic E-state index is 6.16. The third-order valence-corrected chi connectivity index (χ3v) is 4.13. The fraction of sp³-hybridized carbons (Fsp3) is 0.333. The van der Waals surface area contributed by atoms with Crippen LogP contribution in [0.15, 0.2) is 42.5 Å². The lowest BCUT2D eigenvalue weighted by molar-refractivity contribution is 0.689. The average Bonchev–Trinajstić information content (AvgIpc) is 3.30. The molecule has 0 radical (unpaired) electrons. The second-order valence-corrected chi connectivity index (χ2v) is 5.94. The maximum atomic E-state index is 6.16. The zero-order chi connectivity index (χ0) is 13.9. The van der Waals surface area contributed by atoms with Crippen molar-refractivity contribution in [2.75, 3.05) is 0 Å². The molecular weight excluding hydrogens is 266 g/mol. The summed E-state index contributed by atoms with van der Waals surface area (Å²) >= 11 is 6.16. The Bertz CT molecular complexity index is 585. The molecule has 0 heterocycles. The summed E-state index contributed by atoms with van der Waals surface area (Å²) in [6, 6.07) is 15.7. The molecule has 1 saturated carbocycles. The van der Waals surface area contributed by atoms with Gasteiger partial charge < -0.3 is 5.32 Å². The molecule has 2 aromatic carbocycles. The van der Waals surface area contributed by atoms with Crippen LogP contribution in [0, 0.1) is 0 Å². The Labute approximate surface area is 126 Å². The lowest BCUT2D eigenvalue weighted by Gasteiger charge is -2.12. The number of rotatable bonds is 5. The Morgan fingerprint density at radius 1 is 1.10 bits per heavy atom. The van der Waals surface area contributed by atoms with Crippen LogP contribution in [0.2, 0.25) is 5.02 Å². The molecule has 0 bridgehead atoms. The molecule has 0 spiro atoms. The molecule has 0 unspecified atom stereocenters. The van der Waals surface area contributed by atoms with E-state index in [-0.39, 0.29) is 0 Å². The van der Waals surface area contributed by atoms with Gasteiger partial charge in [-0.1, -0.05) is 48.9 Å². The van der Waals surface area contributed by atoms with Gasteiger partial charge in [0, 0.05) is 17.6 Å². The monoisotopic (exact) mass is 285 g/mol. The quantitative estimate of drug-likeness (QED) is 0.830. The molecule has 1 aliphatic carbocycles. The third kappa shape index (κ3) is 3.23. The van der Waals surface area contributed by atoms with E-state index in [4.69, 9.17) is 11.6 Å². The first-order chi connectivity index (χ1) is 9.76. The van der Waals surface area contributed by atoms with E-state index in [1.807, 2.05) is 6.07 Å². The molecule has 0 amide bonds. The molecule has 1 nitrogen and oxygen atoms in total. The van der Waals surface area contributed by atoms with E-state index >= 15 is 0 Å². The normalized spacial score (nSPS) is 14.5. The van der Waals surface area contributed by atoms with E-state index in [1.165, 1.54) is 35.1 Å². The summed E-state index contributed by atoms with van der Waals surface area (Å²) in [5, 5.41) is 4.39. The second-order valence-electron chi connectivity index (χ2n) is 5.51. The number of aryl methyl sites for hydroxylation is 1. The van der Waals surface area contributed by atoms with Crippen molar-refractivity contribution in [3.8, 4) is 11.1 Å². The van der Waals surface area contributed by atoms with Crippen LogP contribution in [0.25, 0.3) is 11.1 Å². The van der Waals surface area contributed by atoms with Crippen molar-refractivity contribution in [2.45, 2.75) is 38.8 Å². The molecule has 0 saturated heterocycles. The van der Waals surface area contributed by atoms with E-state index < -0.39 is 0 Å². The number of hydrogen-bond acceptors (Lipinski definition) is 1. The average molecular weight is 286 g/mol. The smallest absolute Gasteiger partial charge is 0.0409 e. The molecular formula is C18H20ClN. The zero-order valence-corrected chi connectivity index (χ0v) is 12.6. The van der Waals surface area contributed by atoms with Gasteiger partial charge in [0.2, 0.25) is 0 Å². The summed E-state index contributed by atoms with van der Waals surface area (Å²) in [7, 11) is 0. The minimum absolute atomic E-state index is 0.712. The Hall–Kier alpha value is -1.31. The van der Waals surface area contributed by atoms with Gasteiger partial charge in [-0.15, -0.1) is 0 Å². The largest absolute Gasteiger partial charge is 0.310 e. The number of halogens is 1. The van der Waals surface area contributed by atoms with Crippen molar-refractivity contribution >= 4 is 11.6 Å². The number of hydrogen-bond donors (Lipinski definition) is 1. The Morgan fingerprint density at radius 3 is 2.50 bits per heavy atom. The highest BCUT2D eigenvalue weighted by Gasteiger charge is 2.20. The van der Waals surface area contributed by atoms with Gasteiger partial charge >= 0.3 is 0 Å². The van der Waals surface area contributed by atoms with Crippen molar-refractivity contribution in [1.82, 2.24) is 5.32 Å². The molecule has 1 N–H and O–H groups in total. The molecule has 1 aliphatic rings. The SMILES string of the molecule is CCc1ccc(-c2ccc(Cl)cc2CNC2CC2)cc1. The summed E-state index contributed by atoms with van der Waals surface area (Å²) in [6.45, 7) is 3.08. The van der Waals surface area contributed by atoms with Gasteiger partial charge in [0.25, 0.3) is 0 Å². The molecule has 2 heteroatoms. The summed E-state index contributed by atoms with van der Waals surface area (Å²) in [6.07, 6.45) is 3.69. The third-order valence-electron chi connectivity index (χ3n) is 3.90. The highest BCUT2D eigenvalue weighted by Crippen LogP contribution is 2.28. The van der Waals surface area contributed by atoms with Gasteiger partial charge in [-0.3, -0.25) is 0 Å². The summed E-state index contributed by atoms with van der Waals surface area (Å²) in [5.74, 6) is 0. The van der Waals surface area contributed by atoms with Gasteiger partial charge in [-0.05, 0) is 53.6 Å². The van der Waals surface area contributed by atoms with Gasteiger partial charge in [0.1, 0.15) is 0 Å². The van der Waals surface area contributed by atoms with Crippen LogP contribution in [0.4, 0.5) is 0 Å². The van der Waals surface area contributed by atoms with Crippen molar-refractivity contribution in [3.05, 3.63) is 58.6 Å². The molecule has 0 aliphatic heterocycles. The van der Waals surface area contributed by atoms with Crippen molar-refractivity contribution in [3.63, 3.8) is 0 Å². The van der Waals surface area contributed by atoms with Crippen LogP contribution in [-0.2, 0) is 13.0 Å². The number of benzene rings is 2.